The SMILES string of the molecule is O=C(Nc1ccc(Br)cc1)c1ccc(N2C(=O)[C@@H]3[C@H]4C=C[C@H]([C@H]5C[C@H]45)[C@@H]3C2=O)cc1. The molecule has 0 unspecified atom stereocenters. The monoisotopic (exact) mass is 462 g/mol. The first kappa shape index (κ1) is 18.1. The molecule has 30 heavy (non-hydrogen) atoms. The molecule has 2 aromatic carbocycles. The zero-order valence-corrected chi connectivity index (χ0v) is 17.6. The molecule has 0 spiro atoms. The number of rotatable bonds is 3. The van der Waals surface area contributed by atoms with E-state index < -0.39 is 0 Å². The summed E-state index contributed by atoms with van der Waals surface area (Å²) >= 11 is 3.37. The minimum atomic E-state index is -0.237. The lowest BCUT2D eigenvalue weighted by Crippen LogP contribution is -2.40. The number of carbonyl (C=O) groups is 3. The second-order valence-corrected chi connectivity index (χ2v) is 9.59. The van der Waals surface area contributed by atoms with E-state index in [4.69, 9.17) is 0 Å². The van der Waals surface area contributed by atoms with E-state index in [2.05, 4.69) is 33.4 Å². The maximum absolute atomic E-state index is 13.2. The van der Waals surface area contributed by atoms with Crippen LogP contribution in [0.2, 0.25) is 0 Å². The summed E-state index contributed by atoms with van der Waals surface area (Å²) in [5, 5.41) is 2.85. The Labute approximate surface area is 182 Å². The molecule has 0 aromatic heterocycles. The van der Waals surface area contributed by atoms with Crippen molar-refractivity contribution in [2.75, 3.05) is 10.2 Å². The van der Waals surface area contributed by atoms with Gasteiger partial charge in [-0.1, -0.05) is 28.1 Å². The highest BCUT2D eigenvalue weighted by Gasteiger charge is 2.67. The van der Waals surface area contributed by atoms with E-state index >= 15 is 0 Å². The summed E-state index contributed by atoms with van der Waals surface area (Å²) in [5.41, 5.74) is 1.72. The van der Waals surface area contributed by atoms with Gasteiger partial charge < -0.3 is 5.32 Å². The van der Waals surface area contributed by atoms with Gasteiger partial charge in [0.2, 0.25) is 11.8 Å². The summed E-state index contributed by atoms with van der Waals surface area (Å²) in [6.07, 6.45) is 5.49. The highest BCUT2D eigenvalue weighted by Crippen LogP contribution is 2.65. The maximum Gasteiger partial charge on any atom is 0.255 e. The molecular weight excluding hydrogens is 444 g/mol. The predicted octanol–water partition coefficient (Wildman–Crippen LogP) is 4.26. The van der Waals surface area contributed by atoms with E-state index in [1.54, 1.807) is 24.3 Å². The average molecular weight is 463 g/mol. The number of carbonyl (C=O) groups excluding carboxylic acids is 3. The second-order valence-electron chi connectivity index (χ2n) is 8.67. The zero-order valence-electron chi connectivity index (χ0n) is 16.0. The van der Waals surface area contributed by atoms with Crippen LogP contribution in [-0.4, -0.2) is 17.7 Å². The smallest absolute Gasteiger partial charge is 0.255 e. The van der Waals surface area contributed by atoms with Crippen molar-refractivity contribution >= 4 is 45.0 Å². The second kappa shape index (κ2) is 6.38. The van der Waals surface area contributed by atoms with Crippen molar-refractivity contribution in [2.45, 2.75) is 6.42 Å². The molecular formula is C24H19BrN2O3. The Bertz CT molecular complexity index is 1070. The van der Waals surface area contributed by atoms with Crippen LogP contribution < -0.4 is 10.2 Å². The number of hydrogen-bond donors (Lipinski definition) is 1. The van der Waals surface area contributed by atoms with Crippen molar-refractivity contribution in [3.63, 3.8) is 0 Å². The number of allylic oxidation sites excluding steroid dienone is 2. The Morgan fingerprint density at radius 1 is 0.867 bits per heavy atom. The van der Waals surface area contributed by atoms with Crippen molar-refractivity contribution in [3.8, 4) is 0 Å². The zero-order chi connectivity index (χ0) is 20.6. The van der Waals surface area contributed by atoms with Gasteiger partial charge in [-0.3, -0.25) is 19.3 Å². The van der Waals surface area contributed by atoms with Crippen molar-refractivity contribution in [2.24, 2.45) is 35.5 Å². The molecule has 5 nitrogen and oxygen atoms in total. The van der Waals surface area contributed by atoms with Crippen LogP contribution in [0, 0.1) is 35.5 Å². The molecule has 6 atom stereocenters. The first-order chi connectivity index (χ1) is 14.5. The predicted molar refractivity (Wildman–Crippen MR) is 116 cm³/mol. The normalized spacial score (nSPS) is 32.8. The van der Waals surface area contributed by atoms with Gasteiger partial charge in [0.15, 0.2) is 0 Å². The van der Waals surface area contributed by atoms with Crippen LogP contribution in [-0.2, 0) is 9.59 Å². The van der Waals surface area contributed by atoms with E-state index in [-0.39, 0.29) is 41.4 Å². The Morgan fingerprint density at radius 3 is 2.00 bits per heavy atom. The molecule has 2 saturated carbocycles. The summed E-state index contributed by atoms with van der Waals surface area (Å²) in [5.74, 6) is 0.769. The van der Waals surface area contributed by atoms with E-state index in [0.717, 1.165) is 10.9 Å². The minimum absolute atomic E-state index is 0.0817. The molecule has 0 radical (unpaired) electrons. The summed E-state index contributed by atoms with van der Waals surface area (Å²) in [4.78, 5) is 40.2. The molecule has 6 heteroatoms. The maximum atomic E-state index is 13.2. The summed E-state index contributed by atoms with van der Waals surface area (Å²) < 4.78 is 0.936. The van der Waals surface area contributed by atoms with Gasteiger partial charge >= 0.3 is 0 Å². The molecule has 3 amide bonds. The average Bonchev–Trinajstić information content (AvgIpc) is 3.53. The van der Waals surface area contributed by atoms with Crippen molar-refractivity contribution < 1.29 is 14.4 Å². The van der Waals surface area contributed by atoms with Gasteiger partial charge in [0.1, 0.15) is 0 Å². The van der Waals surface area contributed by atoms with E-state index in [9.17, 15) is 14.4 Å². The summed E-state index contributed by atoms with van der Waals surface area (Å²) in [6, 6.07) is 14.1. The standard InChI is InChI=1S/C24H19BrN2O3/c25-13-3-5-14(6-4-13)26-22(28)12-1-7-15(8-2-12)27-23(29)20-16-9-10-17(19-11-18(16)19)21(20)24(27)30/h1-10,16-21H,11H2,(H,26,28)/t16-,17+,18-,19-,20+,21-/m1/s1. The highest BCUT2D eigenvalue weighted by atomic mass is 79.9. The molecule has 3 fully saturated rings. The van der Waals surface area contributed by atoms with E-state index in [1.807, 2.05) is 24.3 Å². The quantitative estimate of drug-likeness (QED) is 0.547. The number of imide groups is 1. The number of benzene rings is 2. The molecule has 1 heterocycles. The van der Waals surface area contributed by atoms with Gasteiger partial charge in [-0.25, -0.2) is 0 Å². The van der Waals surface area contributed by atoms with Crippen LogP contribution >= 0.6 is 15.9 Å². The number of halogens is 1. The van der Waals surface area contributed by atoms with Crippen LogP contribution in [0.5, 0.6) is 0 Å². The van der Waals surface area contributed by atoms with Crippen LogP contribution in [0.4, 0.5) is 11.4 Å². The lowest BCUT2D eigenvalue weighted by atomic mass is 9.63. The third kappa shape index (κ3) is 2.56. The van der Waals surface area contributed by atoms with Crippen LogP contribution in [0.15, 0.2) is 65.2 Å². The molecule has 1 saturated heterocycles. The van der Waals surface area contributed by atoms with Crippen molar-refractivity contribution in [1.82, 2.24) is 0 Å². The van der Waals surface area contributed by atoms with Gasteiger partial charge in [0.05, 0.1) is 17.5 Å². The molecule has 2 aromatic rings. The van der Waals surface area contributed by atoms with Crippen molar-refractivity contribution in [3.05, 3.63) is 70.7 Å². The molecule has 2 bridgehead atoms. The lowest BCUT2D eigenvalue weighted by molar-refractivity contribution is -0.124. The van der Waals surface area contributed by atoms with Gasteiger partial charge in [-0.15, -0.1) is 0 Å². The topological polar surface area (TPSA) is 66.5 Å². The first-order valence-electron chi connectivity index (χ1n) is 10.3. The Kier molecular flexibility index (Phi) is 3.84. The van der Waals surface area contributed by atoms with Gasteiger partial charge in [0.25, 0.3) is 5.91 Å². The fourth-order valence-corrected chi connectivity index (χ4v) is 5.97. The molecule has 1 aliphatic heterocycles. The Hall–Kier alpha value is -2.73. The van der Waals surface area contributed by atoms with Crippen molar-refractivity contribution in [1.29, 1.82) is 0 Å². The number of nitrogens with zero attached hydrogens (tertiary/aromatic N) is 1. The largest absolute Gasteiger partial charge is 0.322 e. The molecule has 1 N–H and O–H groups in total. The fraction of sp³-hybridized carbons (Fsp3) is 0.292. The molecule has 7 rings (SSSR count). The summed E-state index contributed by atoms with van der Waals surface area (Å²) in [6.45, 7) is 0. The van der Waals surface area contributed by atoms with E-state index in [0.29, 0.717) is 28.8 Å². The van der Waals surface area contributed by atoms with Crippen LogP contribution in [0.3, 0.4) is 0 Å². The number of anilines is 2. The number of hydrogen-bond acceptors (Lipinski definition) is 3. The minimum Gasteiger partial charge on any atom is -0.322 e. The fourth-order valence-electron chi connectivity index (χ4n) is 5.71. The van der Waals surface area contributed by atoms with Gasteiger partial charge in [-0.05, 0) is 78.6 Å². The summed E-state index contributed by atoms with van der Waals surface area (Å²) in [7, 11) is 0. The Morgan fingerprint density at radius 2 is 1.43 bits per heavy atom. The third-order valence-corrected chi connectivity index (χ3v) is 7.68. The van der Waals surface area contributed by atoms with Gasteiger partial charge in [-0.2, -0.15) is 0 Å². The first-order valence-corrected chi connectivity index (χ1v) is 11.1. The molecule has 150 valence electrons. The third-order valence-electron chi connectivity index (χ3n) is 7.15. The Balaban J connectivity index is 1.23. The number of nitrogens with one attached hydrogen (secondary N) is 1. The van der Waals surface area contributed by atoms with E-state index in [1.165, 1.54) is 4.90 Å². The van der Waals surface area contributed by atoms with Crippen LogP contribution in [0.1, 0.15) is 16.8 Å². The van der Waals surface area contributed by atoms with Gasteiger partial charge in [0, 0.05) is 15.7 Å². The molecule has 4 aliphatic carbocycles. The number of amides is 3. The lowest BCUT2D eigenvalue weighted by Gasteiger charge is -2.37. The highest BCUT2D eigenvalue weighted by molar-refractivity contribution is 9.10. The molecule has 5 aliphatic rings. The van der Waals surface area contributed by atoms with Crippen LogP contribution in [0.25, 0.3) is 0 Å².